The number of nitrogens with zero attached hydrogens (tertiary/aromatic N) is 1. The fourth-order valence-corrected chi connectivity index (χ4v) is 2.59. The molecule has 0 radical (unpaired) electrons. The quantitative estimate of drug-likeness (QED) is 0.239. The van der Waals surface area contributed by atoms with Crippen LogP contribution in [0.4, 0.5) is 0 Å². The number of hydrogen-bond acceptors (Lipinski definition) is 6. The molecule has 2 atom stereocenters. The van der Waals surface area contributed by atoms with Crippen molar-refractivity contribution in [3.63, 3.8) is 0 Å². The van der Waals surface area contributed by atoms with Gasteiger partial charge in [-0.2, -0.15) is 0 Å². The van der Waals surface area contributed by atoms with Crippen molar-refractivity contribution in [1.82, 2.24) is 0 Å². The van der Waals surface area contributed by atoms with E-state index in [9.17, 15) is 19.5 Å². The standard InChI is InChI=1S/C20H37NO7/c1-6-8-9-11-19(23)28-16(15-27-18(22)10-7-2)14-26-13-12-17(20(24)25)21(3,4)5/h16-17H,6-15H2,1-5H3/p+1. The number of carboxylic acids is 1. The van der Waals surface area contributed by atoms with Crippen molar-refractivity contribution in [3.05, 3.63) is 0 Å². The minimum absolute atomic E-state index is 0.0579. The Balaban J connectivity index is 4.54. The maximum absolute atomic E-state index is 12.0. The number of unbranched alkanes of at least 4 members (excludes halogenated alkanes) is 2. The summed E-state index contributed by atoms with van der Waals surface area (Å²) in [4.78, 5) is 34.9. The van der Waals surface area contributed by atoms with Crippen molar-refractivity contribution >= 4 is 17.9 Å². The number of carbonyl (C=O) groups is 3. The van der Waals surface area contributed by atoms with Crippen molar-refractivity contribution in [2.24, 2.45) is 0 Å². The van der Waals surface area contributed by atoms with Gasteiger partial charge in [-0.3, -0.25) is 9.59 Å². The number of aliphatic carboxylic acids is 1. The molecule has 0 aliphatic carbocycles. The molecular weight excluding hydrogens is 366 g/mol. The molecule has 0 bridgehead atoms. The highest BCUT2D eigenvalue weighted by Gasteiger charge is 2.31. The summed E-state index contributed by atoms with van der Waals surface area (Å²) < 4.78 is 16.4. The van der Waals surface area contributed by atoms with Crippen LogP contribution in [0.1, 0.15) is 58.8 Å². The minimum atomic E-state index is -0.886. The molecule has 0 aromatic heterocycles. The van der Waals surface area contributed by atoms with E-state index in [2.05, 4.69) is 6.92 Å². The van der Waals surface area contributed by atoms with Gasteiger partial charge in [0.1, 0.15) is 6.61 Å². The Kier molecular flexibility index (Phi) is 13.5. The van der Waals surface area contributed by atoms with Crippen LogP contribution in [0.2, 0.25) is 0 Å². The predicted molar refractivity (Wildman–Crippen MR) is 105 cm³/mol. The van der Waals surface area contributed by atoms with Gasteiger partial charge in [0.25, 0.3) is 0 Å². The largest absolute Gasteiger partial charge is 0.477 e. The predicted octanol–water partition coefficient (Wildman–Crippen LogP) is 2.39. The highest BCUT2D eigenvalue weighted by Crippen LogP contribution is 2.09. The molecule has 8 heteroatoms. The molecule has 0 rings (SSSR count). The third-order valence-corrected chi connectivity index (χ3v) is 4.23. The molecule has 0 aliphatic heterocycles. The first-order valence-electron chi connectivity index (χ1n) is 10.1. The molecule has 0 saturated heterocycles. The summed E-state index contributed by atoms with van der Waals surface area (Å²) in [6.45, 7) is 4.13. The lowest BCUT2D eigenvalue weighted by molar-refractivity contribution is -0.887. The van der Waals surface area contributed by atoms with E-state index in [1.165, 1.54) is 0 Å². The van der Waals surface area contributed by atoms with Crippen molar-refractivity contribution in [2.75, 3.05) is 41.0 Å². The highest BCUT2D eigenvalue weighted by atomic mass is 16.6. The molecule has 164 valence electrons. The summed E-state index contributed by atoms with van der Waals surface area (Å²) in [7, 11) is 5.44. The van der Waals surface area contributed by atoms with Crippen LogP contribution in [-0.2, 0) is 28.6 Å². The third-order valence-electron chi connectivity index (χ3n) is 4.23. The molecule has 0 aliphatic rings. The van der Waals surface area contributed by atoms with E-state index in [1.807, 2.05) is 28.1 Å². The number of hydrogen-bond donors (Lipinski definition) is 1. The van der Waals surface area contributed by atoms with Gasteiger partial charge in [-0.05, 0) is 12.8 Å². The lowest BCUT2D eigenvalue weighted by atomic mass is 10.1. The van der Waals surface area contributed by atoms with E-state index in [0.29, 0.717) is 25.7 Å². The topological polar surface area (TPSA) is 99.1 Å². The van der Waals surface area contributed by atoms with E-state index >= 15 is 0 Å². The number of ether oxygens (including phenoxy) is 3. The summed E-state index contributed by atoms with van der Waals surface area (Å²) in [6, 6.07) is -0.600. The monoisotopic (exact) mass is 404 g/mol. The van der Waals surface area contributed by atoms with Gasteiger partial charge in [0.15, 0.2) is 12.1 Å². The second kappa shape index (κ2) is 14.3. The lowest BCUT2D eigenvalue weighted by Gasteiger charge is -2.31. The molecule has 0 aromatic rings. The maximum atomic E-state index is 12.0. The van der Waals surface area contributed by atoms with Gasteiger partial charge in [0, 0.05) is 19.3 Å². The van der Waals surface area contributed by atoms with Crippen molar-refractivity contribution in [3.8, 4) is 0 Å². The highest BCUT2D eigenvalue weighted by molar-refractivity contribution is 5.72. The average molecular weight is 405 g/mol. The maximum Gasteiger partial charge on any atom is 0.362 e. The van der Waals surface area contributed by atoms with Crippen molar-refractivity contribution < 1.29 is 38.2 Å². The Morgan fingerprint density at radius 3 is 2.14 bits per heavy atom. The van der Waals surface area contributed by atoms with Crippen LogP contribution in [0.25, 0.3) is 0 Å². The molecule has 1 N–H and O–H groups in total. The van der Waals surface area contributed by atoms with Gasteiger partial charge in [0.05, 0.1) is 34.4 Å². The molecular formula is C20H38NO7+. The Morgan fingerprint density at radius 2 is 1.61 bits per heavy atom. The van der Waals surface area contributed by atoms with E-state index in [0.717, 1.165) is 19.3 Å². The summed E-state index contributed by atoms with van der Waals surface area (Å²) in [6.07, 6.45) is 3.64. The number of quaternary nitrogens is 1. The smallest absolute Gasteiger partial charge is 0.362 e. The molecule has 28 heavy (non-hydrogen) atoms. The summed E-state index contributed by atoms with van der Waals surface area (Å²) in [5.74, 6) is -1.57. The van der Waals surface area contributed by atoms with Crippen molar-refractivity contribution in [2.45, 2.75) is 70.9 Å². The van der Waals surface area contributed by atoms with Crippen LogP contribution >= 0.6 is 0 Å². The second-order valence-electron chi connectivity index (χ2n) is 7.84. The van der Waals surface area contributed by atoms with Gasteiger partial charge in [-0.15, -0.1) is 0 Å². The number of likely N-dealkylation sites (N-methyl/N-ethyl adjacent to an activating group) is 1. The number of carbonyl (C=O) groups excluding carboxylic acids is 2. The Hall–Kier alpha value is -1.67. The molecule has 0 aromatic carbocycles. The van der Waals surface area contributed by atoms with Crippen LogP contribution < -0.4 is 0 Å². The second-order valence-corrected chi connectivity index (χ2v) is 7.84. The number of carboxylic acid groups (broad SMARTS) is 1. The number of rotatable bonds is 16. The van der Waals surface area contributed by atoms with Crippen LogP contribution in [0, 0.1) is 0 Å². The van der Waals surface area contributed by atoms with Gasteiger partial charge in [-0.1, -0.05) is 26.7 Å². The van der Waals surface area contributed by atoms with Gasteiger partial charge in [0.2, 0.25) is 0 Å². The summed E-state index contributed by atoms with van der Waals surface area (Å²) >= 11 is 0. The van der Waals surface area contributed by atoms with Crippen molar-refractivity contribution in [1.29, 1.82) is 0 Å². The average Bonchev–Trinajstić information content (AvgIpc) is 2.58. The minimum Gasteiger partial charge on any atom is -0.477 e. The molecule has 0 heterocycles. The molecule has 0 spiro atoms. The van der Waals surface area contributed by atoms with Crippen LogP contribution in [-0.4, -0.2) is 80.6 Å². The fourth-order valence-electron chi connectivity index (χ4n) is 2.59. The van der Waals surface area contributed by atoms with E-state index in [1.54, 1.807) is 0 Å². The van der Waals surface area contributed by atoms with Crippen LogP contribution in [0.3, 0.4) is 0 Å². The Morgan fingerprint density at radius 1 is 0.929 bits per heavy atom. The van der Waals surface area contributed by atoms with E-state index in [4.69, 9.17) is 14.2 Å². The van der Waals surface area contributed by atoms with Gasteiger partial charge >= 0.3 is 17.9 Å². The van der Waals surface area contributed by atoms with E-state index in [-0.39, 0.29) is 36.2 Å². The van der Waals surface area contributed by atoms with Crippen LogP contribution in [0.15, 0.2) is 0 Å². The molecule has 2 unspecified atom stereocenters. The van der Waals surface area contributed by atoms with Crippen LogP contribution in [0.5, 0.6) is 0 Å². The summed E-state index contributed by atoms with van der Waals surface area (Å²) in [5, 5.41) is 9.34. The Bertz CT molecular complexity index is 474. The SMILES string of the molecule is CCCCCC(=O)OC(COCCC(C(=O)O)[N+](C)(C)C)COC(=O)CCC. The third kappa shape index (κ3) is 12.7. The zero-order chi connectivity index (χ0) is 21.6. The van der Waals surface area contributed by atoms with Gasteiger partial charge < -0.3 is 23.8 Å². The molecule has 8 nitrogen and oxygen atoms in total. The lowest BCUT2D eigenvalue weighted by Crippen LogP contribution is -2.50. The zero-order valence-electron chi connectivity index (χ0n) is 18.1. The molecule has 0 fully saturated rings. The first-order chi connectivity index (χ1) is 13.1. The van der Waals surface area contributed by atoms with E-state index < -0.39 is 18.1 Å². The molecule has 0 amide bonds. The summed E-state index contributed by atoms with van der Waals surface area (Å²) in [5.41, 5.74) is 0. The first-order valence-corrected chi connectivity index (χ1v) is 10.1. The first kappa shape index (κ1) is 26.3. The molecule has 0 saturated carbocycles. The fraction of sp³-hybridized carbons (Fsp3) is 0.850. The van der Waals surface area contributed by atoms with Gasteiger partial charge in [-0.25, -0.2) is 4.79 Å². The zero-order valence-corrected chi connectivity index (χ0v) is 18.1. The number of esters is 2. The Labute approximate surface area is 168 Å². The normalized spacial score (nSPS) is 13.6.